The second-order valence-corrected chi connectivity index (χ2v) is 5.60. The third-order valence-electron chi connectivity index (χ3n) is 2.24. The van der Waals surface area contributed by atoms with Crippen LogP contribution >= 0.6 is 27.3 Å². The molecule has 5 heteroatoms. The molecule has 1 aromatic heterocycles. The van der Waals surface area contributed by atoms with E-state index in [1.54, 1.807) is 0 Å². The van der Waals surface area contributed by atoms with E-state index in [-0.39, 0.29) is 6.61 Å². The van der Waals surface area contributed by atoms with Crippen LogP contribution in [-0.4, -0.2) is 10.1 Å². The summed E-state index contributed by atoms with van der Waals surface area (Å²) in [4.78, 5) is 5.24. The number of aliphatic hydroxyl groups excluding tert-OH is 1. The Labute approximate surface area is 112 Å². The van der Waals surface area contributed by atoms with Crippen molar-refractivity contribution in [2.45, 2.75) is 20.1 Å². The molecule has 0 spiro atoms. The zero-order valence-electron chi connectivity index (χ0n) is 9.31. The number of hydrogen-bond acceptors (Lipinski definition) is 4. The minimum atomic E-state index is 0.0420. The lowest BCUT2D eigenvalue weighted by Gasteiger charge is -2.03. The van der Waals surface area contributed by atoms with Crippen molar-refractivity contribution < 1.29 is 9.84 Å². The Morgan fingerprint density at radius 3 is 2.94 bits per heavy atom. The number of aromatic nitrogens is 1. The van der Waals surface area contributed by atoms with Gasteiger partial charge >= 0.3 is 0 Å². The van der Waals surface area contributed by atoms with Crippen molar-refractivity contribution in [3.05, 3.63) is 44.3 Å². The molecule has 0 atom stereocenters. The summed E-state index contributed by atoms with van der Waals surface area (Å²) in [6.07, 6.45) is 0. The lowest BCUT2D eigenvalue weighted by Crippen LogP contribution is -1.94. The summed E-state index contributed by atoms with van der Waals surface area (Å²) in [7, 11) is 0. The van der Waals surface area contributed by atoms with Crippen LogP contribution in [0.1, 0.15) is 15.6 Å². The Hall–Kier alpha value is -0.910. The average Bonchev–Trinajstić information content (AvgIpc) is 2.67. The molecule has 1 heterocycles. The SMILES string of the molecule is Cc1nc(COc2cccc(Br)c2)sc1CO. The molecule has 1 N–H and O–H groups in total. The molecule has 0 bridgehead atoms. The molecule has 0 saturated carbocycles. The quantitative estimate of drug-likeness (QED) is 0.942. The van der Waals surface area contributed by atoms with E-state index in [9.17, 15) is 0 Å². The monoisotopic (exact) mass is 313 g/mol. The molecule has 17 heavy (non-hydrogen) atoms. The van der Waals surface area contributed by atoms with Gasteiger partial charge in [0.25, 0.3) is 0 Å². The van der Waals surface area contributed by atoms with E-state index in [0.717, 1.165) is 25.8 Å². The fourth-order valence-corrected chi connectivity index (χ4v) is 2.62. The maximum atomic E-state index is 9.08. The minimum absolute atomic E-state index is 0.0420. The van der Waals surface area contributed by atoms with Crippen LogP contribution in [0.5, 0.6) is 5.75 Å². The van der Waals surface area contributed by atoms with Crippen molar-refractivity contribution >= 4 is 27.3 Å². The molecule has 1 aromatic carbocycles. The highest BCUT2D eigenvalue weighted by atomic mass is 79.9. The average molecular weight is 314 g/mol. The van der Waals surface area contributed by atoms with E-state index in [0.29, 0.717) is 6.61 Å². The minimum Gasteiger partial charge on any atom is -0.486 e. The Kier molecular flexibility index (Phi) is 4.15. The van der Waals surface area contributed by atoms with Crippen LogP contribution in [0.4, 0.5) is 0 Å². The molecule has 0 unspecified atom stereocenters. The predicted molar refractivity (Wildman–Crippen MR) is 71.2 cm³/mol. The van der Waals surface area contributed by atoms with Gasteiger partial charge in [0.15, 0.2) is 0 Å². The predicted octanol–water partition coefficient (Wildman–Crippen LogP) is 3.29. The highest BCUT2D eigenvalue weighted by Crippen LogP contribution is 2.22. The van der Waals surface area contributed by atoms with Crippen molar-refractivity contribution in [1.82, 2.24) is 4.98 Å². The van der Waals surface area contributed by atoms with Gasteiger partial charge in [-0.1, -0.05) is 22.0 Å². The Bertz CT molecular complexity index is 513. The molecule has 0 radical (unpaired) electrons. The first kappa shape index (κ1) is 12.5. The van der Waals surface area contributed by atoms with Gasteiger partial charge in [-0.15, -0.1) is 11.3 Å². The van der Waals surface area contributed by atoms with Crippen molar-refractivity contribution in [2.24, 2.45) is 0 Å². The van der Waals surface area contributed by atoms with E-state index in [4.69, 9.17) is 9.84 Å². The van der Waals surface area contributed by atoms with Crippen molar-refractivity contribution in [1.29, 1.82) is 0 Å². The summed E-state index contributed by atoms with van der Waals surface area (Å²) in [5.41, 5.74) is 0.880. The van der Waals surface area contributed by atoms with Crippen LogP contribution in [0.15, 0.2) is 28.7 Å². The number of aliphatic hydroxyl groups is 1. The molecule has 0 amide bonds. The van der Waals surface area contributed by atoms with E-state index in [1.165, 1.54) is 11.3 Å². The van der Waals surface area contributed by atoms with Crippen LogP contribution in [0.2, 0.25) is 0 Å². The number of rotatable bonds is 4. The molecule has 0 aliphatic carbocycles. The first-order chi connectivity index (χ1) is 8.19. The van der Waals surface area contributed by atoms with Gasteiger partial charge in [0.05, 0.1) is 17.2 Å². The molecule has 0 saturated heterocycles. The van der Waals surface area contributed by atoms with Crippen LogP contribution in [0.25, 0.3) is 0 Å². The van der Waals surface area contributed by atoms with E-state index >= 15 is 0 Å². The van der Waals surface area contributed by atoms with Gasteiger partial charge in [0, 0.05) is 4.47 Å². The second kappa shape index (κ2) is 5.62. The molecular formula is C12H12BrNO2S. The van der Waals surface area contributed by atoms with Crippen LogP contribution in [0, 0.1) is 6.92 Å². The highest BCUT2D eigenvalue weighted by molar-refractivity contribution is 9.10. The van der Waals surface area contributed by atoms with Gasteiger partial charge < -0.3 is 9.84 Å². The molecule has 0 aliphatic rings. The number of ether oxygens (including phenoxy) is 1. The number of benzene rings is 1. The second-order valence-electron chi connectivity index (χ2n) is 3.52. The summed E-state index contributed by atoms with van der Waals surface area (Å²) in [5, 5.41) is 9.96. The maximum Gasteiger partial charge on any atom is 0.140 e. The third-order valence-corrected chi connectivity index (χ3v) is 3.85. The fraction of sp³-hybridized carbons (Fsp3) is 0.250. The van der Waals surface area contributed by atoms with Crippen molar-refractivity contribution in [3.63, 3.8) is 0 Å². The van der Waals surface area contributed by atoms with Crippen LogP contribution < -0.4 is 4.74 Å². The molecule has 3 nitrogen and oxygen atoms in total. The van der Waals surface area contributed by atoms with Gasteiger partial charge in [-0.2, -0.15) is 0 Å². The first-order valence-electron chi connectivity index (χ1n) is 5.13. The lowest BCUT2D eigenvalue weighted by atomic mass is 10.3. The zero-order chi connectivity index (χ0) is 12.3. The summed E-state index contributed by atoms with van der Waals surface area (Å²) < 4.78 is 6.61. The summed E-state index contributed by atoms with van der Waals surface area (Å²) in [5.74, 6) is 0.803. The van der Waals surface area contributed by atoms with Gasteiger partial charge in [-0.25, -0.2) is 4.98 Å². The Balaban J connectivity index is 2.02. The van der Waals surface area contributed by atoms with Crippen molar-refractivity contribution in [3.8, 4) is 5.75 Å². The van der Waals surface area contributed by atoms with E-state index < -0.39 is 0 Å². The lowest BCUT2D eigenvalue weighted by molar-refractivity contribution is 0.284. The number of thiazole rings is 1. The van der Waals surface area contributed by atoms with E-state index in [2.05, 4.69) is 20.9 Å². The van der Waals surface area contributed by atoms with Gasteiger partial charge in [0.2, 0.25) is 0 Å². The standard InChI is InChI=1S/C12H12BrNO2S/c1-8-11(6-15)17-12(14-8)7-16-10-4-2-3-9(13)5-10/h2-5,15H,6-7H2,1H3. The normalized spacial score (nSPS) is 10.5. The summed E-state index contributed by atoms with van der Waals surface area (Å²) >= 11 is 4.87. The highest BCUT2D eigenvalue weighted by Gasteiger charge is 2.07. The third kappa shape index (κ3) is 3.28. The fourth-order valence-electron chi connectivity index (χ4n) is 1.40. The molecule has 2 aromatic rings. The zero-order valence-corrected chi connectivity index (χ0v) is 11.7. The molecule has 0 fully saturated rings. The molecular weight excluding hydrogens is 302 g/mol. The summed E-state index contributed by atoms with van der Waals surface area (Å²) in [6.45, 7) is 2.37. The smallest absolute Gasteiger partial charge is 0.140 e. The van der Waals surface area contributed by atoms with Gasteiger partial charge in [-0.3, -0.25) is 0 Å². The number of nitrogens with zero attached hydrogens (tertiary/aromatic N) is 1. The van der Waals surface area contributed by atoms with Gasteiger partial charge in [0.1, 0.15) is 17.4 Å². The van der Waals surface area contributed by atoms with Gasteiger partial charge in [-0.05, 0) is 25.1 Å². The summed E-state index contributed by atoms with van der Waals surface area (Å²) in [6, 6.07) is 7.68. The molecule has 0 aliphatic heterocycles. The maximum absolute atomic E-state index is 9.08. The van der Waals surface area contributed by atoms with E-state index in [1.807, 2.05) is 31.2 Å². The number of halogens is 1. The van der Waals surface area contributed by atoms with Crippen LogP contribution in [0.3, 0.4) is 0 Å². The number of hydrogen-bond donors (Lipinski definition) is 1. The molecule has 2 rings (SSSR count). The Morgan fingerprint density at radius 2 is 2.29 bits per heavy atom. The van der Waals surface area contributed by atoms with Crippen molar-refractivity contribution in [2.75, 3.05) is 0 Å². The first-order valence-corrected chi connectivity index (χ1v) is 6.74. The Morgan fingerprint density at radius 1 is 1.47 bits per heavy atom. The van der Waals surface area contributed by atoms with Crippen LogP contribution in [-0.2, 0) is 13.2 Å². The number of aryl methyl sites for hydroxylation is 1. The largest absolute Gasteiger partial charge is 0.486 e. The topological polar surface area (TPSA) is 42.4 Å². The molecule has 90 valence electrons.